The van der Waals surface area contributed by atoms with Crippen LogP contribution in [0.3, 0.4) is 0 Å². The number of halogens is 1. The molecule has 7 nitrogen and oxygen atoms in total. The van der Waals surface area contributed by atoms with Gasteiger partial charge in [0.25, 0.3) is 0 Å². The molecule has 0 aromatic carbocycles. The summed E-state index contributed by atoms with van der Waals surface area (Å²) in [5.74, 6) is -0.112. The summed E-state index contributed by atoms with van der Waals surface area (Å²) in [5, 5.41) is 0. The largest absolute Gasteiger partial charge is 0.477 e. The second-order valence-electron chi connectivity index (χ2n) is 9.37. The monoisotopic (exact) mass is 429 g/mol. The van der Waals surface area contributed by atoms with E-state index in [2.05, 4.69) is 9.97 Å². The molecule has 4 heterocycles. The molecule has 2 saturated heterocycles. The van der Waals surface area contributed by atoms with Crippen molar-refractivity contribution in [3.8, 4) is 5.88 Å². The number of ether oxygens (including phenoxy) is 3. The molecule has 31 heavy (non-hydrogen) atoms. The van der Waals surface area contributed by atoms with E-state index in [0.717, 1.165) is 38.5 Å². The Morgan fingerprint density at radius 1 is 1.32 bits per heavy atom. The fraction of sp³-hybridized carbons (Fsp3) is 0.609. The SMILES string of the molecule is COC(=O)[C@@H]1C[C@@H]1COc1ccc2ncc(F)c(CCC34CCC(N)(CC3)CO4)c2n1. The van der Waals surface area contributed by atoms with Gasteiger partial charge in [-0.1, -0.05) is 0 Å². The molecule has 2 aromatic rings. The van der Waals surface area contributed by atoms with Crippen molar-refractivity contribution in [3.63, 3.8) is 0 Å². The van der Waals surface area contributed by atoms with Crippen LogP contribution < -0.4 is 10.5 Å². The summed E-state index contributed by atoms with van der Waals surface area (Å²) in [6.07, 6.45) is 7.01. The summed E-state index contributed by atoms with van der Waals surface area (Å²) in [5.41, 5.74) is 7.62. The van der Waals surface area contributed by atoms with Crippen LogP contribution in [0.4, 0.5) is 4.39 Å². The Morgan fingerprint density at radius 3 is 2.84 bits per heavy atom. The Balaban J connectivity index is 1.30. The van der Waals surface area contributed by atoms with Crippen molar-refractivity contribution in [2.24, 2.45) is 17.6 Å². The van der Waals surface area contributed by atoms with Crippen molar-refractivity contribution in [1.82, 2.24) is 9.97 Å². The van der Waals surface area contributed by atoms with Gasteiger partial charge >= 0.3 is 5.97 Å². The molecular formula is C23H28FN3O4. The van der Waals surface area contributed by atoms with Gasteiger partial charge in [0.15, 0.2) is 0 Å². The molecule has 2 atom stereocenters. The molecule has 4 fully saturated rings. The number of rotatable bonds is 7. The molecule has 8 heteroatoms. The van der Waals surface area contributed by atoms with Gasteiger partial charge < -0.3 is 19.9 Å². The van der Waals surface area contributed by atoms with Crippen molar-refractivity contribution < 1.29 is 23.4 Å². The number of methoxy groups -OCH3 is 1. The number of nitrogens with two attached hydrogens (primary N) is 1. The van der Waals surface area contributed by atoms with Crippen molar-refractivity contribution in [2.45, 2.75) is 56.1 Å². The highest BCUT2D eigenvalue weighted by Gasteiger charge is 2.47. The van der Waals surface area contributed by atoms with E-state index >= 15 is 0 Å². The second kappa shape index (κ2) is 7.67. The summed E-state index contributed by atoms with van der Waals surface area (Å²) in [7, 11) is 1.39. The fourth-order valence-corrected chi connectivity index (χ4v) is 4.92. The molecule has 0 amide bonds. The van der Waals surface area contributed by atoms with Gasteiger partial charge in [0.1, 0.15) is 5.82 Å². The van der Waals surface area contributed by atoms with Crippen LogP contribution in [0.15, 0.2) is 18.3 Å². The third-order valence-corrected chi connectivity index (χ3v) is 7.26. The van der Waals surface area contributed by atoms with Crippen LogP contribution >= 0.6 is 0 Å². The standard InChI is InChI=1S/C23H28FN3O4/c1-29-21(28)16-10-14(16)12-30-19-3-2-18-20(27-19)15(17(24)11-26-18)4-5-23-8-6-22(25,7-9-23)13-31-23/h2-3,11,14,16H,4-10,12-13,25H2,1H3/t14-,16-,22?,23?/m1/s1. The predicted molar refractivity (Wildman–Crippen MR) is 111 cm³/mol. The van der Waals surface area contributed by atoms with Crippen LogP contribution in [0.5, 0.6) is 5.88 Å². The van der Waals surface area contributed by atoms with Gasteiger partial charge in [-0.05, 0) is 51.0 Å². The molecular weight excluding hydrogens is 401 g/mol. The van der Waals surface area contributed by atoms with E-state index in [-0.39, 0.29) is 34.8 Å². The maximum atomic E-state index is 14.8. The van der Waals surface area contributed by atoms with Crippen molar-refractivity contribution >= 4 is 17.0 Å². The minimum Gasteiger partial charge on any atom is -0.477 e. The quantitative estimate of drug-likeness (QED) is 0.676. The molecule has 2 aliphatic carbocycles. The lowest BCUT2D eigenvalue weighted by atomic mass is 9.70. The Morgan fingerprint density at radius 2 is 2.13 bits per heavy atom. The Bertz CT molecular complexity index is 989. The lowest BCUT2D eigenvalue weighted by Crippen LogP contribution is -2.59. The molecule has 166 valence electrons. The number of hydrogen-bond acceptors (Lipinski definition) is 7. The summed E-state index contributed by atoms with van der Waals surface area (Å²) < 4.78 is 31.5. The summed E-state index contributed by atoms with van der Waals surface area (Å²) in [6, 6.07) is 3.53. The Labute approximate surface area is 180 Å². The third kappa shape index (κ3) is 3.99. The van der Waals surface area contributed by atoms with E-state index in [1.165, 1.54) is 13.3 Å². The van der Waals surface area contributed by atoms with E-state index in [9.17, 15) is 9.18 Å². The molecule has 0 unspecified atom stereocenters. The summed E-state index contributed by atoms with van der Waals surface area (Å²) >= 11 is 0. The van der Waals surface area contributed by atoms with E-state index in [1.54, 1.807) is 12.1 Å². The van der Waals surface area contributed by atoms with Crippen molar-refractivity contribution in [2.75, 3.05) is 20.3 Å². The molecule has 6 rings (SSSR count). The number of carbonyl (C=O) groups excluding carboxylic acids is 1. The Hall–Kier alpha value is -2.32. The minimum atomic E-state index is -0.360. The smallest absolute Gasteiger partial charge is 0.309 e. The molecule has 2 bridgehead atoms. The average molecular weight is 429 g/mol. The zero-order valence-electron chi connectivity index (χ0n) is 17.7. The number of pyridine rings is 2. The van der Waals surface area contributed by atoms with Crippen LogP contribution in [0.2, 0.25) is 0 Å². The molecule has 2 N–H and O–H groups in total. The number of fused-ring (bicyclic) bond motifs is 4. The van der Waals surface area contributed by atoms with Gasteiger partial charge in [0.2, 0.25) is 5.88 Å². The van der Waals surface area contributed by atoms with Crippen LogP contribution in [0.25, 0.3) is 11.0 Å². The van der Waals surface area contributed by atoms with Crippen molar-refractivity contribution in [1.29, 1.82) is 0 Å². The zero-order valence-corrected chi connectivity index (χ0v) is 17.7. The number of carbonyl (C=O) groups is 1. The highest BCUT2D eigenvalue weighted by atomic mass is 19.1. The first kappa shape index (κ1) is 20.6. The summed E-state index contributed by atoms with van der Waals surface area (Å²) in [6.45, 7) is 0.963. The van der Waals surface area contributed by atoms with Gasteiger partial charge in [-0.2, -0.15) is 0 Å². The van der Waals surface area contributed by atoms with E-state index < -0.39 is 0 Å². The fourth-order valence-electron chi connectivity index (χ4n) is 4.92. The third-order valence-electron chi connectivity index (χ3n) is 7.26. The topological polar surface area (TPSA) is 96.6 Å². The van der Waals surface area contributed by atoms with Crippen LogP contribution in [-0.4, -0.2) is 47.4 Å². The maximum absolute atomic E-state index is 14.8. The first-order chi connectivity index (χ1) is 14.9. The van der Waals surface area contributed by atoms with Gasteiger partial charge in [-0.25, -0.2) is 9.37 Å². The van der Waals surface area contributed by atoms with Gasteiger partial charge in [0, 0.05) is 23.1 Å². The van der Waals surface area contributed by atoms with E-state index in [0.29, 0.717) is 42.1 Å². The number of hydrogen-bond donors (Lipinski definition) is 1. The van der Waals surface area contributed by atoms with Gasteiger partial charge in [-0.3, -0.25) is 9.78 Å². The lowest BCUT2D eigenvalue weighted by molar-refractivity contribution is -0.156. The van der Waals surface area contributed by atoms with Crippen molar-refractivity contribution in [3.05, 3.63) is 29.7 Å². The van der Waals surface area contributed by atoms with E-state index in [4.69, 9.17) is 19.9 Å². The molecule has 0 spiro atoms. The molecule has 4 aliphatic rings. The number of aromatic nitrogens is 2. The lowest BCUT2D eigenvalue weighted by Gasteiger charge is -2.51. The first-order valence-electron chi connectivity index (χ1n) is 11.0. The maximum Gasteiger partial charge on any atom is 0.309 e. The van der Waals surface area contributed by atoms with Gasteiger partial charge in [0.05, 0.1) is 49.1 Å². The molecule has 2 aliphatic heterocycles. The Kier molecular flexibility index (Phi) is 5.09. The number of esters is 1. The molecule has 2 aromatic heterocycles. The molecule has 0 radical (unpaired) electrons. The highest BCUT2D eigenvalue weighted by molar-refractivity contribution is 5.78. The predicted octanol–water partition coefficient (Wildman–Crippen LogP) is 2.93. The number of nitrogens with zero attached hydrogens (tertiary/aromatic N) is 2. The molecule has 2 saturated carbocycles. The zero-order chi connectivity index (χ0) is 21.6. The normalized spacial score (nSPS) is 31.6. The van der Waals surface area contributed by atoms with E-state index in [1.807, 2.05) is 0 Å². The van der Waals surface area contributed by atoms with Crippen LogP contribution in [0.1, 0.15) is 44.1 Å². The van der Waals surface area contributed by atoms with Crippen LogP contribution in [-0.2, 0) is 20.7 Å². The first-order valence-corrected chi connectivity index (χ1v) is 11.0. The number of aryl methyl sites for hydroxylation is 1. The van der Waals surface area contributed by atoms with Crippen LogP contribution in [0, 0.1) is 17.7 Å². The second-order valence-corrected chi connectivity index (χ2v) is 9.37. The minimum absolute atomic E-state index is 0.0994. The average Bonchev–Trinajstić information content (AvgIpc) is 3.57. The highest BCUT2D eigenvalue weighted by Crippen LogP contribution is 2.45. The van der Waals surface area contributed by atoms with Gasteiger partial charge in [-0.15, -0.1) is 0 Å². The summed E-state index contributed by atoms with van der Waals surface area (Å²) in [4.78, 5) is 20.3.